The third-order valence-electron chi connectivity index (χ3n) is 2.91. The van der Waals surface area contributed by atoms with E-state index in [2.05, 4.69) is 20.8 Å². The smallest absolute Gasteiger partial charge is 0.123 e. The minimum atomic E-state index is 0.324. The Kier molecular flexibility index (Phi) is 8.07. The Morgan fingerprint density at radius 2 is 1.77 bits per heavy atom. The topological polar surface area (TPSA) is 17.1 Å². The average molecular weight is 184 g/mol. The molecular formula is C12H24O. The van der Waals surface area contributed by atoms with E-state index in [1.165, 1.54) is 25.7 Å². The fraction of sp³-hybridized carbons (Fsp3) is 0.917. The molecule has 1 atom stereocenters. The molecule has 0 bridgehead atoms. The molecule has 0 saturated heterocycles. The fourth-order valence-corrected chi connectivity index (χ4v) is 1.76. The molecule has 0 N–H and O–H groups in total. The number of carbonyl (C=O) groups excluding carboxylic acids is 1. The fourth-order valence-electron chi connectivity index (χ4n) is 1.76. The summed E-state index contributed by atoms with van der Waals surface area (Å²) in [4.78, 5) is 10.8. The average Bonchev–Trinajstić information content (AvgIpc) is 2.19. The van der Waals surface area contributed by atoms with Gasteiger partial charge in [-0.1, -0.05) is 46.5 Å². The van der Waals surface area contributed by atoms with Crippen molar-refractivity contribution in [2.24, 2.45) is 11.8 Å². The monoisotopic (exact) mass is 184 g/mol. The van der Waals surface area contributed by atoms with Crippen molar-refractivity contribution in [2.45, 2.75) is 59.3 Å². The van der Waals surface area contributed by atoms with E-state index in [0.29, 0.717) is 5.92 Å². The highest BCUT2D eigenvalue weighted by Crippen LogP contribution is 2.21. The van der Waals surface area contributed by atoms with Crippen LogP contribution in [-0.4, -0.2) is 6.29 Å². The van der Waals surface area contributed by atoms with E-state index in [4.69, 9.17) is 0 Å². The molecule has 1 unspecified atom stereocenters. The van der Waals surface area contributed by atoms with Gasteiger partial charge in [-0.3, -0.25) is 0 Å². The van der Waals surface area contributed by atoms with Crippen LogP contribution in [0.15, 0.2) is 0 Å². The summed E-state index contributed by atoms with van der Waals surface area (Å²) in [6, 6.07) is 0. The minimum absolute atomic E-state index is 0.324. The molecule has 0 spiro atoms. The van der Waals surface area contributed by atoms with Crippen LogP contribution < -0.4 is 0 Å². The van der Waals surface area contributed by atoms with Gasteiger partial charge in [-0.2, -0.15) is 0 Å². The maximum absolute atomic E-state index is 10.8. The lowest BCUT2D eigenvalue weighted by Crippen LogP contribution is -2.09. The van der Waals surface area contributed by atoms with Gasteiger partial charge < -0.3 is 4.79 Å². The van der Waals surface area contributed by atoms with Crippen molar-refractivity contribution in [2.75, 3.05) is 0 Å². The summed E-state index contributed by atoms with van der Waals surface area (Å²) < 4.78 is 0. The van der Waals surface area contributed by atoms with Crippen molar-refractivity contribution in [1.82, 2.24) is 0 Å². The van der Waals surface area contributed by atoms with Crippen molar-refractivity contribution >= 4 is 6.29 Å². The van der Waals surface area contributed by atoms with Gasteiger partial charge in [-0.15, -0.1) is 0 Å². The Morgan fingerprint density at radius 3 is 2.15 bits per heavy atom. The molecule has 0 amide bonds. The third-order valence-corrected chi connectivity index (χ3v) is 2.91. The van der Waals surface area contributed by atoms with Crippen LogP contribution in [0.2, 0.25) is 0 Å². The maximum atomic E-state index is 10.8. The molecule has 13 heavy (non-hydrogen) atoms. The zero-order chi connectivity index (χ0) is 10.1. The molecule has 0 saturated carbocycles. The quantitative estimate of drug-likeness (QED) is 0.524. The van der Waals surface area contributed by atoms with Crippen molar-refractivity contribution in [3.05, 3.63) is 0 Å². The number of hydrogen-bond donors (Lipinski definition) is 0. The molecule has 1 nitrogen and oxygen atoms in total. The van der Waals surface area contributed by atoms with E-state index in [1.54, 1.807) is 0 Å². The zero-order valence-electron chi connectivity index (χ0n) is 9.38. The SMILES string of the molecule is CCCCC(C=O)CC(CC)CC. The first-order chi connectivity index (χ1) is 6.28. The summed E-state index contributed by atoms with van der Waals surface area (Å²) in [5.41, 5.74) is 0. The normalized spacial score (nSPS) is 13.2. The Labute approximate surface area is 82.9 Å². The van der Waals surface area contributed by atoms with Crippen LogP contribution in [0.5, 0.6) is 0 Å². The van der Waals surface area contributed by atoms with Gasteiger partial charge in [0, 0.05) is 5.92 Å². The molecule has 0 aliphatic carbocycles. The van der Waals surface area contributed by atoms with Gasteiger partial charge in [-0.05, 0) is 18.8 Å². The second kappa shape index (κ2) is 8.28. The van der Waals surface area contributed by atoms with Crippen LogP contribution in [0.3, 0.4) is 0 Å². The van der Waals surface area contributed by atoms with Crippen LogP contribution >= 0.6 is 0 Å². The predicted octanol–water partition coefficient (Wildman–Crippen LogP) is 3.82. The predicted molar refractivity (Wildman–Crippen MR) is 57.8 cm³/mol. The van der Waals surface area contributed by atoms with Gasteiger partial charge in [0.1, 0.15) is 6.29 Å². The van der Waals surface area contributed by atoms with Crippen LogP contribution in [0.25, 0.3) is 0 Å². The Balaban J connectivity index is 3.73. The highest BCUT2D eigenvalue weighted by Gasteiger charge is 2.12. The Hall–Kier alpha value is -0.330. The molecule has 78 valence electrons. The summed E-state index contributed by atoms with van der Waals surface area (Å²) in [6.45, 7) is 6.62. The summed E-state index contributed by atoms with van der Waals surface area (Å²) >= 11 is 0. The first kappa shape index (κ1) is 12.7. The van der Waals surface area contributed by atoms with Gasteiger partial charge in [-0.25, -0.2) is 0 Å². The lowest BCUT2D eigenvalue weighted by molar-refractivity contribution is -0.111. The van der Waals surface area contributed by atoms with Crippen LogP contribution in [0, 0.1) is 11.8 Å². The largest absolute Gasteiger partial charge is 0.303 e. The van der Waals surface area contributed by atoms with E-state index in [9.17, 15) is 4.79 Å². The zero-order valence-corrected chi connectivity index (χ0v) is 9.38. The standard InChI is InChI=1S/C12H24O/c1-4-7-8-12(10-13)9-11(5-2)6-3/h10-12H,4-9H2,1-3H3. The second-order valence-corrected chi connectivity index (χ2v) is 3.96. The minimum Gasteiger partial charge on any atom is -0.303 e. The molecule has 0 heterocycles. The number of carbonyl (C=O) groups is 1. The van der Waals surface area contributed by atoms with Gasteiger partial charge in [0.2, 0.25) is 0 Å². The summed E-state index contributed by atoms with van der Waals surface area (Å²) in [6.07, 6.45) is 8.19. The van der Waals surface area contributed by atoms with Gasteiger partial charge in [0.15, 0.2) is 0 Å². The molecule has 0 aliphatic rings. The van der Waals surface area contributed by atoms with Gasteiger partial charge in [0.05, 0.1) is 0 Å². The molecule has 0 aromatic rings. The first-order valence-electron chi connectivity index (χ1n) is 5.73. The lowest BCUT2D eigenvalue weighted by Gasteiger charge is -2.16. The molecule has 0 rings (SSSR count). The number of rotatable bonds is 8. The number of aldehydes is 1. The van der Waals surface area contributed by atoms with E-state index in [0.717, 1.165) is 25.0 Å². The van der Waals surface area contributed by atoms with E-state index in [1.807, 2.05) is 0 Å². The highest BCUT2D eigenvalue weighted by atomic mass is 16.1. The molecule has 0 aromatic heterocycles. The summed E-state index contributed by atoms with van der Waals surface area (Å²) in [5.74, 6) is 1.08. The molecule has 0 aromatic carbocycles. The van der Waals surface area contributed by atoms with Gasteiger partial charge >= 0.3 is 0 Å². The molecule has 0 fully saturated rings. The lowest BCUT2D eigenvalue weighted by atomic mass is 9.88. The number of unbranched alkanes of at least 4 members (excludes halogenated alkanes) is 1. The Bertz CT molecular complexity index is 116. The third kappa shape index (κ3) is 5.84. The van der Waals surface area contributed by atoms with Crippen molar-refractivity contribution in [3.8, 4) is 0 Å². The van der Waals surface area contributed by atoms with Crippen molar-refractivity contribution < 1.29 is 4.79 Å². The van der Waals surface area contributed by atoms with Crippen molar-refractivity contribution in [1.29, 1.82) is 0 Å². The molecule has 1 heteroatoms. The number of hydrogen-bond acceptors (Lipinski definition) is 1. The van der Waals surface area contributed by atoms with Crippen LogP contribution in [0.1, 0.15) is 59.3 Å². The molecule has 0 radical (unpaired) electrons. The van der Waals surface area contributed by atoms with E-state index >= 15 is 0 Å². The highest BCUT2D eigenvalue weighted by molar-refractivity contribution is 5.53. The molecular weight excluding hydrogens is 160 g/mol. The summed E-state index contributed by atoms with van der Waals surface area (Å²) in [7, 11) is 0. The summed E-state index contributed by atoms with van der Waals surface area (Å²) in [5, 5.41) is 0. The maximum Gasteiger partial charge on any atom is 0.123 e. The van der Waals surface area contributed by atoms with Crippen LogP contribution in [-0.2, 0) is 4.79 Å². The second-order valence-electron chi connectivity index (χ2n) is 3.96. The van der Waals surface area contributed by atoms with E-state index < -0.39 is 0 Å². The van der Waals surface area contributed by atoms with Crippen LogP contribution in [0.4, 0.5) is 0 Å². The van der Waals surface area contributed by atoms with Gasteiger partial charge in [0.25, 0.3) is 0 Å². The first-order valence-corrected chi connectivity index (χ1v) is 5.73. The molecule has 0 aliphatic heterocycles. The van der Waals surface area contributed by atoms with E-state index in [-0.39, 0.29) is 0 Å². The van der Waals surface area contributed by atoms with Crippen molar-refractivity contribution in [3.63, 3.8) is 0 Å². The Morgan fingerprint density at radius 1 is 1.15 bits per heavy atom.